The van der Waals surface area contributed by atoms with Crippen LogP contribution in [-0.2, 0) is 4.74 Å². The molecule has 0 aromatic carbocycles. The molecule has 3 N–H and O–H groups in total. The Morgan fingerprint density at radius 3 is 2.73 bits per heavy atom. The molecule has 4 nitrogen and oxygen atoms in total. The number of hydrazine groups is 1. The highest BCUT2D eigenvalue weighted by atomic mass is 16.5. The summed E-state index contributed by atoms with van der Waals surface area (Å²) >= 11 is 0. The van der Waals surface area contributed by atoms with Crippen LogP contribution < -0.4 is 11.2 Å². The van der Waals surface area contributed by atoms with Gasteiger partial charge >= 0.3 is 0 Å². The van der Waals surface area contributed by atoms with Crippen LogP contribution in [0, 0.1) is 5.92 Å². The minimum absolute atomic E-state index is 0.163. The van der Waals surface area contributed by atoms with Crippen LogP contribution in [0.4, 0.5) is 0 Å². The molecule has 1 saturated heterocycles. The van der Waals surface area contributed by atoms with Gasteiger partial charge in [-0.3, -0.25) is 0 Å². The molecule has 2 unspecified atom stereocenters. The van der Waals surface area contributed by atoms with E-state index in [0.717, 1.165) is 38.8 Å². The second kappa shape index (κ2) is 4.78. The first-order chi connectivity index (χ1) is 7.24. The van der Waals surface area contributed by atoms with Crippen molar-refractivity contribution in [3.05, 3.63) is 0 Å². The predicted molar refractivity (Wildman–Crippen MR) is 60.3 cm³/mol. The van der Waals surface area contributed by atoms with Crippen molar-refractivity contribution in [2.75, 3.05) is 32.8 Å². The van der Waals surface area contributed by atoms with E-state index in [2.05, 4.69) is 17.4 Å². The van der Waals surface area contributed by atoms with Gasteiger partial charge in [0, 0.05) is 25.2 Å². The SMILES string of the molecule is CC1CCC(CN)(NN2CCOCC2)C1. The molecule has 2 aliphatic rings. The molecule has 2 atom stereocenters. The van der Waals surface area contributed by atoms with E-state index in [1.807, 2.05) is 0 Å². The third kappa shape index (κ3) is 2.69. The highest BCUT2D eigenvalue weighted by Crippen LogP contribution is 2.33. The van der Waals surface area contributed by atoms with Crippen LogP contribution >= 0.6 is 0 Å². The zero-order valence-corrected chi connectivity index (χ0v) is 9.67. The van der Waals surface area contributed by atoms with Gasteiger partial charge in [0.2, 0.25) is 0 Å². The van der Waals surface area contributed by atoms with Crippen LogP contribution in [0.25, 0.3) is 0 Å². The number of nitrogens with two attached hydrogens (primary N) is 1. The average molecular weight is 213 g/mol. The Morgan fingerprint density at radius 1 is 1.47 bits per heavy atom. The number of ether oxygens (including phenoxy) is 1. The number of rotatable bonds is 3. The fourth-order valence-corrected chi connectivity index (χ4v) is 2.74. The Bertz CT molecular complexity index is 206. The summed E-state index contributed by atoms with van der Waals surface area (Å²) in [5.74, 6) is 0.807. The molecule has 2 rings (SSSR count). The van der Waals surface area contributed by atoms with Crippen molar-refractivity contribution in [3.63, 3.8) is 0 Å². The van der Waals surface area contributed by atoms with Gasteiger partial charge < -0.3 is 10.5 Å². The summed E-state index contributed by atoms with van der Waals surface area (Å²) in [6.45, 7) is 6.70. The highest BCUT2D eigenvalue weighted by Gasteiger charge is 2.37. The summed E-state index contributed by atoms with van der Waals surface area (Å²) in [7, 11) is 0. The molecule has 1 aliphatic heterocycles. The van der Waals surface area contributed by atoms with Crippen molar-refractivity contribution in [1.82, 2.24) is 10.4 Å². The number of hydrogen-bond donors (Lipinski definition) is 2. The summed E-state index contributed by atoms with van der Waals surface area (Å²) in [6.07, 6.45) is 3.72. The van der Waals surface area contributed by atoms with Gasteiger partial charge in [0.15, 0.2) is 0 Å². The summed E-state index contributed by atoms with van der Waals surface area (Å²) in [4.78, 5) is 0. The van der Waals surface area contributed by atoms with Crippen molar-refractivity contribution in [1.29, 1.82) is 0 Å². The highest BCUT2D eigenvalue weighted by molar-refractivity contribution is 4.95. The molecule has 15 heavy (non-hydrogen) atoms. The summed E-state index contributed by atoms with van der Waals surface area (Å²) in [6, 6.07) is 0. The smallest absolute Gasteiger partial charge is 0.0608 e. The van der Waals surface area contributed by atoms with Crippen LogP contribution in [0.1, 0.15) is 26.2 Å². The van der Waals surface area contributed by atoms with Crippen molar-refractivity contribution in [2.45, 2.75) is 31.7 Å². The zero-order chi connectivity index (χ0) is 10.7. The molecule has 0 radical (unpaired) electrons. The fraction of sp³-hybridized carbons (Fsp3) is 1.00. The first kappa shape index (κ1) is 11.3. The van der Waals surface area contributed by atoms with Gasteiger partial charge in [-0.2, -0.15) is 0 Å². The Balaban J connectivity index is 1.89. The fourth-order valence-electron chi connectivity index (χ4n) is 2.74. The summed E-state index contributed by atoms with van der Waals surface area (Å²) in [5, 5.41) is 2.29. The molecule has 0 aromatic heterocycles. The molecule has 4 heteroatoms. The van der Waals surface area contributed by atoms with Gasteiger partial charge in [-0.25, -0.2) is 10.4 Å². The molecule has 1 aliphatic carbocycles. The Labute approximate surface area is 92.1 Å². The van der Waals surface area contributed by atoms with Gasteiger partial charge in [-0.1, -0.05) is 6.92 Å². The van der Waals surface area contributed by atoms with Gasteiger partial charge in [-0.05, 0) is 25.2 Å². The van der Waals surface area contributed by atoms with Crippen molar-refractivity contribution in [2.24, 2.45) is 11.7 Å². The van der Waals surface area contributed by atoms with Crippen molar-refractivity contribution < 1.29 is 4.74 Å². The molecular weight excluding hydrogens is 190 g/mol. The molecule has 0 spiro atoms. The van der Waals surface area contributed by atoms with E-state index in [1.165, 1.54) is 19.3 Å². The van der Waals surface area contributed by atoms with Crippen LogP contribution in [-0.4, -0.2) is 43.4 Å². The Morgan fingerprint density at radius 2 is 2.20 bits per heavy atom. The molecule has 0 bridgehead atoms. The van der Waals surface area contributed by atoms with Gasteiger partial charge in [-0.15, -0.1) is 0 Å². The Kier molecular flexibility index (Phi) is 3.61. The third-order valence-corrected chi connectivity index (χ3v) is 3.65. The lowest BCUT2D eigenvalue weighted by atomic mass is 9.97. The van der Waals surface area contributed by atoms with Crippen LogP contribution in [0.3, 0.4) is 0 Å². The average Bonchev–Trinajstić information content (AvgIpc) is 2.62. The van der Waals surface area contributed by atoms with Crippen LogP contribution in [0.2, 0.25) is 0 Å². The standard InChI is InChI=1S/C11H23N3O/c1-10-2-3-11(8-10,9-12)13-14-4-6-15-7-5-14/h10,13H,2-9,12H2,1H3. The number of nitrogens with one attached hydrogen (secondary N) is 1. The second-order valence-corrected chi connectivity index (χ2v) is 5.04. The maximum Gasteiger partial charge on any atom is 0.0608 e. The normalized spacial score (nSPS) is 38.4. The Hall–Kier alpha value is -0.160. The molecular formula is C11H23N3O. The van der Waals surface area contributed by atoms with Crippen LogP contribution in [0.5, 0.6) is 0 Å². The molecule has 0 amide bonds. The van der Waals surface area contributed by atoms with E-state index >= 15 is 0 Å². The minimum Gasteiger partial charge on any atom is -0.379 e. The number of nitrogens with zero attached hydrogens (tertiary/aromatic N) is 1. The quantitative estimate of drug-likeness (QED) is 0.710. The van der Waals surface area contributed by atoms with E-state index in [9.17, 15) is 0 Å². The molecule has 88 valence electrons. The molecule has 1 heterocycles. The van der Waals surface area contributed by atoms with E-state index in [1.54, 1.807) is 0 Å². The van der Waals surface area contributed by atoms with Gasteiger partial charge in [0.05, 0.1) is 13.2 Å². The van der Waals surface area contributed by atoms with Gasteiger partial charge in [0.1, 0.15) is 0 Å². The first-order valence-corrected chi connectivity index (χ1v) is 6.05. The number of morpholine rings is 1. The largest absolute Gasteiger partial charge is 0.379 e. The minimum atomic E-state index is 0.163. The lowest BCUT2D eigenvalue weighted by Gasteiger charge is -2.38. The first-order valence-electron chi connectivity index (χ1n) is 6.05. The van der Waals surface area contributed by atoms with Crippen molar-refractivity contribution in [3.8, 4) is 0 Å². The predicted octanol–water partition coefficient (Wildman–Crippen LogP) is 0.341. The number of hydrogen-bond acceptors (Lipinski definition) is 4. The molecule has 1 saturated carbocycles. The van der Waals surface area contributed by atoms with Crippen LogP contribution in [0.15, 0.2) is 0 Å². The van der Waals surface area contributed by atoms with E-state index in [4.69, 9.17) is 10.5 Å². The molecule has 0 aromatic rings. The summed E-state index contributed by atoms with van der Waals surface area (Å²) < 4.78 is 5.34. The topological polar surface area (TPSA) is 50.5 Å². The third-order valence-electron chi connectivity index (χ3n) is 3.65. The van der Waals surface area contributed by atoms with E-state index in [-0.39, 0.29) is 5.54 Å². The zero-order valence-electron chi connectivity index (χ0n) is 9.67. The maximum atomic E-state index is 5.93. The second-order valence-electron chi connectivity index (χ2n) is 5.04. The summed E-state index contributed by atoms with van der Waals surface area (Å²) in [5.41, 5.74) is 9.73. The lowest BCUT2D eigenvalue weighted by Crippen LogP contribution is -2.59. The lowest BCUT2D eigenvalue weighted by molar-refractivity contribution is -0.0113. The monoisotopic (exact) mass is 213 g/mol. The van der Waals surface area contributed by atoms with E-state index < -0.39 is 0 Å². The molecule has 2 fully saturated rings. The van der Waals surface area contributed by atoms with Gasteiger partial charge in [0.25, 0.3) is 0 Å². The van der Waals surface area contributed by atoms with Crippen molar-refractivity contribution >= 4 is 0 Å². The maximum absolute atomic E-state index is 5.93. The van der Waals surface area contributed by atoms with E-state index in [0.29, 0.717) is 0 Å².